The molecule has 2 aromatic carbocycles. The van der Waals surface area contributed by atoms with Gasteiger partial charge in [0, 0.05) is 17.3 Å². The minimum atomic E-state index is -4.66. The molecular weight excluding hydrogens is 399 g/mol. The lowest BCUT2D eigenvalue weighted by Gasteiger charge is -2.16. The summed E-state index contributed by atoms with van der Waals surface area (Å²) in [6, 6.07) is 9.97. The normalized spacial score (nSPS) is 11.4. The van der Waals surface area contributed by atoms with E-state index in [4.69, 9.17) is 11.6 Å². The lowest BCUT2D eigenvalue weighted by Crippen LogP contribution is -2.17. The molecule has 1 N–H and O–H groups in total. The highest BCUT2D eigenvalue weighted by Gasteiger charge is 2.34. The van der Waals surface area contributed by atoms with Crippen LogP contribution in [0.2, 0.25) is 5.02 Å². The fraction of sp³-hybridized carbons (Fsp3) is 0.111. The minimum absolute atomic E-state index is 0.104. The van der Waals surface area contributed by atoms with Crippen LogP contribution in [-0.4, -0.2) is 21.9 Å². The van der Waals surface area contributed by atoms with Gasteiger partial charge in [0.25, 0.3) is 5.91 Å². The van der Waals surface area contributed by atoms with E-state index in [-0.39, 0.29) is 22.0 Å². The Bertz CT molecular complexity index is 974. The molecule has 0 aliphatic rings. The van der Waals surface area contributed by atoms with E-state index in [2.05, 4.69) is 10.4 Å². The van der Waals surface area contributed by atoms with Crippen molar-refractivity contribution in [2.24, 2.45) is 0 Å². The van der Waals surface area contributed by atoms with E-state index in [1.165, 1.54) is 53.1 Å². The molecule has 1 amide bonds. The van der Waals surface area contributed by atoms with E-state index in [9.17, 15) is 18.0 Å². The van der Waals surface area contributed by atoms with Gasteiger partial charge in [0.2, 0.25) is 0 Å². The first kappa shape index (κ1) is 19.3. The van der Waals surface area contributed by atoms with Crippen LogP contribution in [0.4, 0.5) is 18.9 Å². The molecule has 9 heteroatoms. The predicted molar refractivity (Wildman–Crippen MR) is 99.8 cm³/mol. The van der Waals surface area contributed by atoms with Crippen molar-refractivity contribution >= 4 is 35.0 Å². The summed E-state index contributed by atoms with van der Waals surface area (Å²) in [4.78, 5) is 13.3. The minimum Gasteiger partial charge on any atom is -0.321 e. The highest BCUT2D eigenvalue weighted by atomic mass is 35.5. The number of nitrogens with one attached hydrogen (secondary N) is 1. The van der Waals surface area contributed by atoms with Gasteiger partial charge in [0.1, 0.15) is 0 Å². The maximum Gasteiger partial charge on any atom is 0.418 e. The van der Waals surface area contributed by atoms with Gasteiger partial charge in [0.15, 0.2) is 0 Å². The van der Waals surface area contributed by atoms with Crippen LogP contribution in [0.5, 0.6) is 0 Å². The number of alkyl halides is 3. The van der Waals surface area contributed by atoms with Crippen molar-refractivity contribution in [2.45, 2.75) is 11.1 Å². The number of anilines is 1. The Balaban J connectivity index is 1.98. The smallest absolute Gasteiger partial charge is 0.321 e. The summed E-state index contributed by atoms with van der Waals surface area (Å²) < 4.78 is 41.8. The van der Waals surface area contributed by atoms with E-state index in [0.717, 1.165) is 11.0 Å². The molecule has 0 saturated heterocycles. The Labute approximate surface area is 162 Å². The zero-order valence-corrected chi connectivity index (χ0v) is 15.5. The van der Waals surface area contributed by atoms with Crippen molar-refractivity contribution in [3.05, 3.63) is 71.0 Å². The number of carbonyl (C=O) groups is 1. The zero-order chi connectivity index (χ0) is 19.6. The van der Waals surface area contributed by atoms with Crippen molar-refractivity contribution in [2.75, 3.05) is 11.6 Å². The number of nitrogens with zero attached hydrogens (tertiary/aromatic N) is 2. The van der Waals surface area contributed by atoms with Gasteiger partial charge in [-0.25, -0.2) is 4.68 Å². The van der Waals surface area contributed by atoms with E-state index >= 15 is 0 Å². The van der Waals surface area contributed by atoms with Gasteiger partial charge >= 0.3 is 6.18 Å². The van der Waals surface area contributed by atoms with Gasteiger partial charge in [-0.15, -0.1) is 11.8 Å². The molecule has 3 aromatic rings. The largest absolute Gasteiger partial charge is 0.418 e. The molecule has 0 aliphatic heterocycles. The monoisotopic (exact) mass is 411 g/mol. The Hall–Kier alpha value is -2.45. The number of hydrogen-bond donors (Lipinski definition) is 1. The SMILES string of the molecule is CSc1ccc(Cl)c(C(=O)Nc2ccc(-n3cccn3)cc2C(F)(F)F)c1. The van der Waals surface area contributed by atoms with Crippen LogP contribution in [0, 0.1) is 0 Å². The third-order valence-corrected chi connectivity index (χ3v) is 4.80. The molecule has 0 saturated carbocycles. The molecule has 0 bridgehead atoms. The molecule has 0 fully saturated rings. The van der Waals surface area contributed by atoms with Gasteiger partial charge < -0.3 is 5.32 Å². The second-order valence-electron chi connectivity index (χ2n) is 5.48. The van der Waals surface area contributed by atoms with Crippen LogP contribution in [0.25, 0.3) is 5.69 Å². The number of amides is 1. The molecule has 0 unspecified atom stereocenters. The van der Waals surface area contributed by atoms with Crippen molar-refractivity contribution in [1.82, 2.24) is 9.78 Å². The van der Waals surface area contributed by atoms with Gasteiger partial charge in [-0.2, -0.15) is 18.3 Å². The molecule has 3 rings (SSSR count). The Morgan fingerprint density at radius 2 is 2.00 bits per heavy atom. The number of rotatable bonds is 4. The van der Waals surface area contributed by atoms with Gasteiger partial charge in [-0.3, -0.25) is 4.79 Å². The maximum absolute atomic E-state index is 13.5. The maximum atomic E-state index is 13.5. The second kappa shape index (κ2) is 7.66. The van der Waals surface area contributed by atoms with Gasteiger partial charge in [-0.1, -0.05) is 11.6 Å². The quantitative estimate of drug-likeness (QED) is 0.575. The van der Waals surface area contributed by atoms with E-state index < -0.39 is 17.6 Å². The fourth-order valence-electron chi connectivity index (χ4n) is 2.43. The Morgan fingerprint density at radius 1 is 1.22 bits per heavy atom. The summed E-state index contributed by atoms with van der Waals surface area (Å²) in [5.74, 6) is -0.715. The molecular formula is C18H13ClF3N3OS. The van der Waals surface area contributed by atoms with Crippen LogP contribution in [0.3, 0.4) is 0 Å². The second-order valence-corrected chi connectivity index (χ2v) is 6.77. The number of carbonyl (C=O) groups excluding carboxylic acids is 1. The summed E-state index contributed by atoms with van der Waals surface area (Å²) in [5.41, 5.74) is -0.990. The Morgan fingerprint density at radius 3 is 2.63 bits per heavy atom. The summed E-state index contributed by atoms with van der Waals surface area (Å²) >= 11 is 7.43. The lowest BCUT2D eigenvalue weighted by atomic mass is 10.1. The van der Waals surface area contributed by atoms with Crippen LogP contribution >= 0.6 is 23.4 Å². The molecule has 1 aromatic heterocycles. The molecule has 1 heterocycles. The number of hydrogen-bond acceptors (Lipinski definition) is 3. The van der Waals surface area contributed by atoms with Crippen molar-refractivity contribution in [1.29, 1.82) is 0 Å². The number of halogens is 4. The molecule has 0 spiro atoms. The highest BCUT2D eigenvalue weighted by molar-refractivity contribution is 7.98. The van der Waals surface area contributed by atoms with E-state index in [1.807, 2.05) is 6.26 Å². The molecule has 0 atom stereocenters. The average molecular weight is 412 g/mol. The standard InChI is InChI=1S/C18H13ClF3N3OS/c1-27-12-4-5-15(19)13(10-12)17(26)24-16-6-3-11(25-8-2-7-23-25)9-14(16)18(20,21)22/h2-10H,1H3,(H,24,26). The molecule has 140 valence electrons. The summed E-state index contributed by atoms with van der Waals surface area (Å²) in [7, 11) is 0. The van der Waals surface area contributed by atoms with Crippen molar-refractivity contribution in [3.8, 4) is 5.69 Å². The first-order chi connectivity index (χ1) is 12.8. The van der Waals surface area contributed by atoms with Crippen molar-refractivity contribution < 1.29 is 18.0 Å². The zero-order valence-electron chi connectivity index (χ0n) is 13.9. The summed E-state index contributed by atoms with van der Waals surface area (Å²) in [6.45, 7) is 0. The molecule has 4 nitrogen and oxygen atoms in total. The van der Waals surface area contributed by atoms with Crippen LogP contribution in [0.15, 0.2) is 59.8 Å². The summed E-state index contributed by atoms with van der Waals surface area (Å²) in [5, 5.41) is 6.40. The fourth-order valence-corrected chi connectivity index (χ4v) is 3.08. The number of benzene rings is 2. The third kappa shape index (κ3) is 4.28. The van der Waals surface area contributed by atoms with Gasteiger partial charge in [-0.05, 0) is 48.7 Å². The highest BCUT2D eigenvalue weighted by Crippen LogP contribution is 2.36. The van der Waals surface area contributed by atoms with Crippen LogP contribution < -0.4 is 5.32 Å². The lowest BCUT2D eigenvalue weighted by molar-refractivity contribution is -0.136. The number of aromatic nitrogens is 2. The van der Waals surface area contributed by atoms with E-state index in [0.29, 0.717) is 0 Å². The predicted octanol–water partition coefficient (Wildman–Crippen LogP) is 5.52. The van der Waals surface area contributed by atoms with Gasteiger partial charge in [0.05, 0.1) is 27.5 Å². The topological polar surface area (TPSA) is 46.9 Å². The third-order valence-electron chi connectivity index (χ3n) is 3.74. The Kier molecular flexibility index (Phi) is 5.48. The molecule has 0 radical (unpaired) electrons. The first-order valence-corrected chi connectivity index (χ1v) is 9.26. The number of thioether (sulfide) groups is 1. The van der Waals surface area contributed by atoms with E-state index in [1.54, 1.807) is 12.1 Å². The summed E-state index contributed by atoms with van der Waals surface area (Å²) in [6.07, 6.45) is 0.155. The van der Waals surface area contributed by atoms with Crippen molar-refractivity contribution in [3.63, 3.8) is 0 Å². The average Bonchev–Trinajstić information content (AvgIpc) is 3.16. The molecule has 0 aliphatic carbocycles. The van der Waals surface area contributed by atoms with Crippen LogP contribution in [-0.2, 0) is 6.18 Å². The van der Waals surface area contributed by atoms with Crippen LogP contribution in [0.1, 0.15) is 15.9 Å². The molecule has 27 heavy (non-hydrogen) atoms. The first-order valence-electron chi connectivity index (χ1n) is 7.66.